The molecule has 148 valence electrons. The average Bonchev–Trinajstić information content (AvgIpc) is 3.30. The molecule has 1 fully saturated rings. The number of hydrogen-bond donors (Lipinski definition) is 1. The maximum absolute atomic E-state index is 13.0. The number of furan rings is 1. The predicted octanol–water partition coefficient (Wildman–Crippen LogP) is 2.49. The first kappa shape index (κ1) is 18.6. The normalized spacial score (nSPS) is 16.5. The summed E-state index contributed by atoms with van der Waals surface area (Å²) < 4.78 is 38.2. The molecule has 9 nitrogen and oxygen atoms in total. The van der Waals surface area contributed by atoms with Gasteiger partial charge in [-0.3, -0.25) is 0 Å². The summed E-state index contributed by atoms with van der Waals surface area (Å²) >= 11 is 0. The Bertz CT molecular complexity index is 1100. The van der Waals surface area contributed by atoms with E-state index in [9.17, 15) is 8.42 Å². The molecule has 4 heterocycles. The van der Waals surface area contributed by atoms with Crippen LogP contribution >= 0.6 is 0 Å². The summed E-state index contributed by atoms with van der Waals surface area (Å²) in [6.45, 7) is 4.43. The Morgan fingerprint density at radius 1 is 1.18 bits per heavy atom. The molecular formula is C18H21N5O4S. The molecule has 1 saturated heterocycles. The number of hydrogen-bond acceptors (Lipinski definition) is 8. The highest BCUT2D eigenvalue weighted by Gasteiger charge is 2.33. The first-order chi connectivity index (χ1) is 13.4. The molecule has 0 atom stereocenters. The van der Waals surface area contributed by atoms with Gasteiger partial charge in [0.15, 0.2) is 5.76 Å². The number of anilines is 1. The topological polar surface area (TPSA) is 128 Å². The standard InChI is InChI=1S/C18H21N5O4S/c1-11-12(2)22-27-17(11)15-3-4-16(26-15)28(24,25)23-9-6-13(7-10-23)14-5-8-20-18(19)21-14/h3-5,8,13H,6-7,9-10H2,1-2H3,(H2,19,20,21). The van der Waals surface area contributed by atoms with E-state index in [1.165, 1.54) is 10.4 Å². The highest BCUT2D eigenvalue weighted by atomic mass is 32.2. The largest absolute Gasteiger partial charge is 0.440 e. The zero-order chi connectivity index (χ0) is 19.9. The van der Waals surface area contributed by atoms with E-state index < -0.39 is 10.0 Å². The Labute approximate surface area is 162 Å². The minimum absolute atomic E-state index is 0.0966. The molecule has 3 aromatic rings. The highest BCUT2D eigenvalue weighted by Crippen LogP contribution is 2.33. The van der Waals surface area contributed by atoms with Crippen molar-refractivity contribution in [3.8, 4) is 11.5 Å². The van der Waals surface area contributed by atoms with E-state index in [0.29, 0.717) is 37.5 Å². The van der Waals surface area contributed by atoms with E-state index in [4.69, 9.17) is 14.7 Å². The summed E-state index contributed by atoms with van der Waals surface area (Å²) in [4.78, 5) is 8.15. The number of aromatic nitrogens is 3. The highest BCUT2D eigenvalue weighted by molar-refractivity contribution is 7.89. The van der Waals surface area contributed by atoms with Gasteiger partial charge < -0.3 is 14.7 Å². The zero-order valence-electron chi connectivity index (χ0n) is 15.6. The van der Waals surface area contributed by atoms with Crippen molar-refractivity contribution in [2.75, 3.05) is 18.8 Å². The average molecular weight is 403 g/mol. The van der Waals surface area contributed by atoms with Gasteiger partial charge in [0, 0.05) is 36.5 Å². The van der Waals surface area contributed by atoms with Crippen LogP contribution in [0.2, 0.25) is 0 Å². The minimum atomic E-state index is -3.72. The molecule has 1 aliphatic rings. The van der Waals surface area contributed by atoms with Gasteiger partial charge in [0.05, 0.1) is 5.69 Å². The lowest BCUT2D eigenvalue weighted by Crippen LogP contribution is -2.37. The van der Waals surface area contributed by atoms with Gasteiger partial charge in [-0.1, -0.05) is 5.16 Å². The van der Waals surface area contributed by atoms with Crippen LogP contribution in [0.4, 0.5) is 5.95 Å². The molecule has 0 radical (unpaired) electrons. The Balaban J connectivity index is 1.50. The van der Waals surface area contributed by atoms with Gasteiger partial charge in [-0.2, -0.15) is 4.31 Å². The van der Waals surface area contributed by atoms with E-state index in [1.807, 2.05) is 19.9 Å². The first-order valence-corrected chi connectivity index (χ1v) is 10.4. The summed E-state index contributed by atoms with van der Waals surface area (Å²) in [6.07, 6.45) is 2.94. The third-order valence-corrected chi connectivity index (χ3v) is 6.90. The first-order valence-electron chi connectivity index (χ1n) is 8.98. The van der Waals surface area contributed by atoms with Crippen molar-refractivity contribution in [3.63, 3.8) is 0 Å². The number of rotatable bonds is 4. The molecule has 0 aromatic carbocycles. The van der Waals surface area contributed by atoms with E-state index in [0.717, 1.165) is 17.0 Å². The van der Waals surface area contributed by atoms with E-state index in [2.05, 4.69) is 15.1 Å². The Kier molecular flexibility index (Phi) is 4.68. The van der Waals surface area contributed by atoms with E-state index >= 15 is 0 Å². The molecular weight excluding hydrogens is 382 g/mol. The van der Waals surface area contributed by atoms with Gasteiger partial charge in [0.25, 0.3) is 10.0 Å². The van der Waals surface area contributed by atoms with Crippen molar-refractivity contribution >= 4 is 16.0 Å². The van der Waals surface area contributed by atoms with E-state index in [1.54, 1.807) is 12.3 Å². The lowest BCUT2D eigenvalue weighted by atomic mass is 9.94. The SMILES string of the molecule is Cc1noc(-c2ccc(S(=O)(=O)N3CCC(c4ccnc(N)n4)CC3)o2)c1C. The molecule has 0 spiro atoms. The second kappa shape index (κ2) is 7.02. The summed E-state index contributed by atoms with van der Waals surface area (Å²) in [6, 6.07) is 4.88. The smallest absolute Gasteiger partial charge is 0.276 e. The molecule has 0 bridgehead atoms. The molecule has 10 heteroatoms. The zero-order valence-corrected chi connectivity index (χ0v) is 16.4. The van der Waals surface area contributed by atoms with Gasteiger partial charge in [0.1, 0.15) is 0 Å². The summed E-state index contributed by atoms with van der Waals surface area (Å²) in [5.41, 5.74) is 8.06. The Morgan fingerprint density at radius 3 is 2.57 bits per heavy atom. The van der Waals surface area contributed by atoms with Crippen LogP contribution in [-0.4, -0.2) is 40.9 Å². The van der Waals surface area contributed by atoms with Crippen LogP contribution in [0.1, 0.15) is 35.7 Å². The van der Waals surface area contributed by atoms with Crippen LogP contribution in [-0.2, 0) is 10.0 Å². The summed E-state index contributed by atoms with van der Waals surface area (Å²) in [7, 11) is -3.72. The van der Waals surface area contributed by atoms with E-state index in [-0.39, 0.29) is 17.0 Å². The maximum atomic E-state index is 13.0. The third kappa shape index (κ3) is 3.29. The number of aryl methyl sites for hydroxylation is 1. The van der Waals surface area contributed by atoms with Crippen LogP contribution in [0.15, 0.2) is 38.4 Å². The molecule has 3 aromatic heterocycles. The van der Waals surface area contributed by atoms with Crippen molar-refractivity contribution in [2.24, 2.45) is 0 Å². The number of nitrogens with zero attached hydrogens (tertiary/aromatic N) is 4. The fraction of sp³-hybridized carbons (Fsp3) is 0.389. The van der Waals surface area contributed by atoms with Crippen LogP contribution in [0.25, 0.3) is 11.5 Å². The molecule has 2 N–H and O–H groups in total. The Morgan fingerprint density at radius 2 is 1.93 bits per heavy atom. The lowest BCUT2D eigenvalue weighted by Gasteiger charge is -2.30. The molecule has 1 aliphatic heterocycles. The van der Waals surface area contributed by atoms with Crippen molar-refractivity contribution in [1.29, 1.82) is 0 Å². The number of piperidine rings is 1. The maximum Gasteiger partial charge on any atom is 0.276 e. The van der Waals surface area contributed by atoms with Crippen LogP contribution in [0.3, 0.4) is 0 Å². The van der Waals surface area contributed by atoms with Gasteiger partial charge in [0.2, 0.25) is 16.8 Å². The van der Waals surface area contributed by atoms with Crippen LogP contribution in [0, 0.1) is 13.8 Å². The molecule has 28 heavy (non-hydrogen) atoms. The molecule has 0 amide bonds. The van der Waals surface area contributed by atoms with Gasteiger partial charge in [-0.25, -0.2) is 18.4 Å². The molecule has 4 rings (SSSR count). The second-order valence-corrected chi connectivity index (χ2v) is 8.73. The summed E-state index contributed by atoms with van der Waals surface area (Å²) in [5.74, 6) is 1.18. The number of sulfonamides is 1. The second-order valence-electron chi connectivity index (χ2n) is 6.86. The minimum Gasteiger partial charge on any atom is -0.440 e. The molecule has 0 unspecified atom stereocenters. The lowest BCUT2D eigenvalue weighted by molar-refractivity contribution is 0.307. The van der Waals surface area contributed by atoms with Crippen molar-refractivity contribution in [2.45, 2.75) is 37.7 Å². The van der Waals surface area contributed by atoms with Crippen molar-refractivity contribution in [3.05, 3.63) is 41.3 Å². The van der Waals surface area contributed by atoms with Gasteiger partial charge in [-0.05, 0) is 44.9 Å². The number of nitrogens with two attached hydrogens (primary N) is 1. The monoisotopic (exact) mass is 403 g/mol. The van der Waals surface area contributed by atoms with Gasteiger partial charge >= 0.3 is 0 Å². The van der Waals surface area contributed by atoms with Crippen molar-refractivity contribution in [1.82, 2.24) is 19.4 Å². The van der Waals surface area contributed by atoms with Crippen LogP contribution < -0.4 is 5.73 Å². The fourth-order valence-corrected chi connectivity index (χ4v) is 4.74. The van der Waals surface area contributed by atoms with Gasteiger partial charge in [-0.15, -0.1) is 0 Å². The van der Waals surface area contributed by atoms with Crippen LogP contribution in [0.5, 0.6) is 0 Å². The fourth-order valence-electron chi connectivity index (χ4n) is 3.36. The molecule has 0 aliphatic carbocycles. The molecule has 0 saturated carbocycles. The predicted molar refractivity (Wildman–Crippen MR) is 101 cm³/mol. The van der Waals surface area contributed by atoms with Crippen molar-refractivity contribution < 1.29 is 17.4 Å². The number of nitrogen functional groups attached to an aromatic ring is 1. The summed E-state index contributed by atoms with van der Waals surface area (Å²) in [5, 5.41) is 3.79. The Hall–Kier alpha value is -2.72. The quantitative estimate of drug-likeness (QED) is 0.703. The third-order valence-electron chi connectivity index (χ3n) is 5.12.